The third-order valence-corrected chi connectivity index (χ3v) is 1.57. The fraction of sp³-hybridized carbons (Fsp3) is 0.455. The highest BCUT2D eigenvalue weighted by Gasteiger charge is 2.32. The van der Waals surface area contributed by atoms with Crippen LogP contribution in [0.25, 0.3) is 0 Å². The Labute approximate surface area is 82.8 Å². The molecule has 0 N–H and O–H groups in total. The third kappa shape index (κ3) is 4.30. The number of alkyl halides is 3. The molecular weight excluding hydrogens is 189 g/mol. The van der Waals surface area contributed by atoms with Crippen molar-refractivity contribution in [2.75, 3.05) is 0 Å². The van der Waals surface area contributed by atoms with Crippen molar-refractivity contribution in [2.24, 2.45) is 0 Å². The van der Waals surface area contributed by atoms with E-state index in [2.05, 4.69) is 0 Å². The summed E-state index contributed by atoms with van der Waals surface area (Å²) in [4.78, 5) is 0. The van der Waals surface area contributed by atoms with E-state index in [4.69, 9.17) is 0 Å². The zero-order chi connectivity index (χ0) is 11.4. The molecule has 0 aliphatic carbocycles. The molecule has 0 aliphatic rings. The Hall–Kier alpha value is -0.990. The molecule has 0 saturated heterocycles. The van der Waals surface area contributed by atoms with Gasteiger partial charge in [-0.05, 0) is 33.3 Å². The molecule has 0 amide bonds. The summed E-state index contributed by atoms with van der Waals surface area (Å²) in [5, 5.41) is 0. The van der Waals surface area contributed by atoms with Gasteiger partial charge in [-0.1, -0.05) is 23.8 Å². The van der Waals surface area contributed by atoms with E-state index >= 15 is 0 Å². The topological polar surface area (TPSA) is 0 Å². The molecule has 0 atom stereocenters. The second-order valence-electron chi connectivity index (χ2n) is 3.32. The molecule has 0 saturated carbocycles. The maximum Gasteiger partial charge on any atom is 0.416 e. The standard InChI is InChI=1S/C11H15F3/c1-5-6-10(11(12,13)14)9(4)7-8(2)3/h5-7H,1-4H3/b6-5-,10-9+. The molecule has 0 unspecified atom stereocenters. The van der Waals surface area contributed by atoms with Crippen molar-refractivity contribution in [2.45, 2.75) is 33.9 Å². The number of hydrogen-bond acceptors (Lipinski definition) is 0. The molecule has 0 aromatic carbocycles. The van der Waals surface area contributed by atoms with Crippen LogP contribution in [0.3, 0.4) is 0 Å². The van der Waals surface area contributed by atoms with Gasteiger partial charge in [-0.2, -0.15) is 13.2 Å². The molecular formula is C11H15F3. The van der Waals surface area contributed by atoms with Crippen LogP contribution in [0.2, 0.25) is 0 Å². The minimum absolute atomic E-state index is 0.246. The highest BCUT2D eigenvalue weighted by atomic mass is 19.4. The number of halogens is 3. The highest BCUT2D eigenvalue weighted by molar-refractivity contribution is 5.36. The van der Waals surface area contributed by atoms with Crippen LogP contribution in [-0.4, -0.2) is 6.18 Å². The first-order valence-electron chi connectivity index (χ1n) is 4.34. The second kappa shape index (κ2) is 5.03. The molecule has 0 aromatic heterocycles. The predicted molar refractivity (Wildman–Crippen MR) is 53.0 cm³/mol. The van der Waals surface area contributed by atoms with Crippen LogP contribution in [0.15, 0.2) is 34.9 Å². The van der Waals surface area contributed by atoms with Crippen molar-refractivity contribution in [3.63, 3.8) is 0 Å². The Kier molecular flexibility index (Phi) is 4.68. The Morgan fingerprint density at radius 3 is 1.86 bits per heavy atom. The fourth-order valence-corrected chi connectivity index (χ4v) is 1.13. The zero-order valence-corrected chi connectivity index (χ0v) is 8.87. The molecule has 0 fully saturated rings. The van der Waals surface area contributed by atoms with Gasteiger partial charge in [0.2, 0.25) is 0 Å². The summed E-state index contributed by atoms with van der Waals surface area (Å²) in [5.74, 6) is 0. The van der Waals surface area contributed by atoms with Crippen molar-refractivity contribution in [3.05, 3.63) is 34.9 Å². The first kappa shape index (κ1) is 13.0. The highest BCUT2D eigenvalue weighted by Crippen LogP contribution is 2.29. The summed E-state index contributed by atoms with van der Waals surface area (Å²) < 4.78 is 37.4. The lowest BCUT2D eigenvalue weighted by Gasteiger charge is -2.10. The Bertz CT molecular complexity index is 273. The largest absolute Gasteiger partial charge is 0.416 e. The molecule has 0 nitrogen and oxygen atoms in total. The first-order valence-corrected chi connectivity index (χ1v) is 4.34. The minimum atomic E-state index is -4.28. The van der Waals surface area contributed by atoms with Crippen LogP contribution in [0.1, 0.15) is 27.7 Å². The van der Waals surface area contributed by atoms with Gasteiger partial charge in [-0.15, -0.1) is 0 Å². The van der Waals surface area contributed by atoms with Crippen LogP contribution in [0.5, 0.6) is 0 Å². The lowest BCUT2D eigenvalue weighted by molar-refractivity contribution is -0.0887. The lowest BCUT2D eigenvalue weighted by Crippen LogP contribution is -2.11. The van der Waals surface area contributed by atoms with Gasteiger partial charge >= 0.3 is 6.18 Å². The van der Waals surface area contributed by atoms with Gasteiger partial charge in [0.1, 0.15) is 0 Å². The van der Waals surface area contributed by atoms with E-state index < -0.39 is 11.7 Å². The molecule has 0 aliphatic heterocycles. The van der Waals surface area contributed by atoms with E-state index in [-0.39, 0.29) is 5.57 Å². The third-order valence-electron chi connectivity index (χ3n) is 1.57. The van der Waals surface area contributed by atoms with Crippen LogP contribution in [0, 0.1) is 0 Å². The van der Waals surface area contributed by atoms with Crippen molar-refractivity contribution >= 4 is 0 Å². The Balaban J connectivity index is 5.28. The number of rotatable bonds is 2. The van der Waals surface area contributed by atoms with Crippen molar-refractivity contribution in [3.8, 4) is 0 Å². The average Bonchev–Trinajstić information content (AvgIpc) is 1.96. The van der Waals surface area contributed by atoms with E-state index in [0.29, 0.717) is 0 Å². The van der Waals surface area contributed by atoms with E-state index in [1.165, 1.54) is 19.1 Å². The van der Waals surface area contributed by atoms with E-state index in [9.17, 15) is 13.2 Å². The Morgan fingerprint density at radius 1 is 1.07 bits per heavy atom. The molecule has 0 spiro atoms. The van der Waals surface area contributed by atoms with Crippen molar-refractivity contribution in [1.29, 1.82) is 0 Å². The average molecular weight is 204 g/mol. The number of hydrogen-bond donors (Lipinski definition) is 0. The summed E-state index contributed by atoms with van der Waals surface area (Å²) in [5.41, 5.74) is 0.519. The molecule has 80 valence electrons. The summed E-state index contributed by atoms with van der Waals surface area (Å²) in [6, 6.07) is 0. The predicted octanol–water partition coefficient (Wildman–Crippen LogP) is 4.41. The van der Waals surface area contributed by atoms with Gasteiger partial charge in [0.05, 0.1) is 5.57 Å². The molecule has 0 aromatic rings. The molecule has 14 heavy (non-hydrogen) atoms. The summed E-state index contributed by atoms with van der Waals surface area (Å²) >= 11 is 0. The Morgan fingerprint density at radius 2 is 1.57 bits per heavy atom. The molecule has 0 heterocycles. The SMILES string of the molecule is C/C=C\C(=C(\C)C=C(C)C)C(F)(F)F. The summed E-state index contributed by atoms with van der Waals surface area (Å²) in [6.45, 7) is 6.58. The minimum Gasteiger partial charge on any atom is -0.166 e. The van der Waals surface area contributed by atoms with E-state index in [0.717, 1.165) is 11.6 Å². The number of allylic oxidation sites excluding steroid dienone is 6. The van der Waals surface area contributed by atoms with Gasteiger partial charge in [0.25, 0.3) is 0 Å². The molecule has 0 radical (unpaired) electrons. The molecule has 3 heteroatoms. The zero-order valence-electron chi connectivity index (χ0n) is 8.87. The monoisotopic (exact) mass is 204 g/mol. The lowest BCUT2D eigenvalue weighted by atomic mass is 10.1. The molecule has 0 bridgehead atoms. The second-order valence-corrected chi connectivity index (χ2v) is 3.32. The van der Waals surface area contributed by atoms with E-state index in [1.54, 1.807) is 20.8 Å². The van der Waals surface area contributed by atoms with Gasteiger partial charge < -0.3 is 0 Å². The van der Waals surface area contributed by atoms with Crippen LogP contribution in [-0.2, 0) is 0 Å². The normalized spacial score (nSPS) is 14.2. The maximum absolute atomic E-state index is 12.5. The van der Waals surface area contributed by atoms with Crippen LogP contribution < -0.4 is 0 Å². The van der Waals surface area contributed by atoms with Crippen LogP contribution >= 0.6 is 0 Å². The van der Waals surface area contributed by atoms with Gasteiger partial charge in [-0.3, -0.25) is 0 Å². The van der Waals surface area contributed by atoms with Crippen molar-refractivity contribution < 1.29 is 13.2 Å². The maximum atomic E-state index is 12.5. The van der Waals surface area contributed by atoms with Gasteiger partial charge in [0.15, 0.2) is 0 Å². The quantitative estimate of drug-likeness (QED) is 0.584. The van der Waals surface area contributed by atoms with E-state index in [1.807, 2.05) is 0 Å². The summed E-state index contributed by atoms with van der Waals surface area (Å²) in [7, 11) is 0. The fourth-order valence-electron chi connectivity index (χ4n) is 1.13. The first-order chi connectivity index (χ1) is 6.29. The van der Waals surface area contributed by atoms with Gasteiger partial charge in [0, 0.05) is 0 Å². The molecule has 0 rings (SSSR count). The summed E-state index contributed by atoms with van der Waals surface area (Å²) in [6.07, 6.45) is -0.259. The van der Waals surface area contributed by atoms with Gasteiger partial charge in [-0.25, -0.2) is 0 Å². The van der Waals surface area contributed by atoms with Crippen LogP contribution in [0.4, 0.5) is 13.2 Å². The smallest absolute Gasteiger partial charge is 0.166 e. The van der Waals surface area contributed by atoms with Crippen molar-refractivity contribution in [1.82, 2.24) is 0 Å².